The van der Waals surface area contributed by atoms with Gasteiger partial charge in [-0.05, 0) is 53.3 Å². The van der Waals surface area contributed by atoms with Gasteiger partial charge >= 0.3 is 0 Å². The van der Waals surface area contributed by atoms with Gasteiger partial charge in [0.25, 0.3) is 0 Å². The van der Waals surface area contributed by atoms with Crippen molar-refractivity contribution >= 4 is 33.6 Å². The summed E-state index contributed by atoms with van der Waals surface area (Å²) in [6.45, 7) is 4.39. The molecule has 1 atom stereocenters. The lowest BCUT2D eigenvalue weighted by Crippen LogP contribution is -2.33. The van der Waals surface area contributed by atoms with Crippen molar-refractivity contribution in [3.63, 3.8) is 0 Å². The third kappa shape index (κ3) is 2.98. The van der Waals surface area contributed by atoms with Crippen LogP contribution in [0.1, 0.15) is 43.9 Å². The van der Waals surface area contributed by atoms with Crippen LogP contribution in [0.5, 0.6) is 0 Å². The zero-order chi connectivity index (χ0) is 21.0. The van der Waals surface area contributed by atoms with Crippen LogP contribution in [0, 0.1) is 5.41 Å². The van der Waals surface area contributed by atoms with Crippen LogP contribution in [-0.4, -0.2) is 24.9 Å². The standard InChI is InChI=1S/C26H27N3O/c1-26(2)14-19-23-18-6-5-13-27-20(18)11-12-21(23)28-25(24(19)22(30)15-26)16-7-9-17(10-8-16)29(3)4/h5-13,25,28H,14-15H2,1-4H3/t25-/m0/s1. The van der Waals surface area contributed by atoms with Gasteiger partial charge in [0.15, 0.2) is 5.78 Å². The first kappa shape index (κ1) is 18.9. The van der Waals surface area contributed by atoms with Gasteiger partial charge in [-0.15, -0.1) is 0 Å². The number of aromatic nitrogens is 1. The predicted octanol–water partition coefficient (Wildman–Crippen LogP) is 5.61. The molecule has 4 nitrogen and oxygen atoms in total. The van der Waals surface area contributed by atoms with Gasteiger partial charge in [-0.25, -0.2) is 0 Å². The lowest BCUT2D eigenvalue weighted by Gasteiger charge is -2.40. The number of carbonyl (C=O) groups excluding carboxylic acids is 1. The molecule has 0 fully saturated rings. The maximum Gasteiger partial charge on any atom is 0.162 e. The molecule has 2 aromatic carbocycles. The highest BCUT2D eigenvalue weighted by Crippen LogP contribution is 2.51. The van der Waals surface area contributed by atoms with Crippen LogP contribution in [0.2, 0.25) is 0 Å². The predicted molar refractivity (Wildman–Crippen MR) is 124 cm³/mol. The number of fused-ring (bicyclic) bond motifs is 4. The summed E-state index contributed by atoms with van der Waals surface area (Å²) in [5.41, 5.74) is 7.54. The van der Waals surface area contributed by atoms with Crippen LogP contribution in [0.25, 0.3) is 16.5 Å². The Kier molecular flexibility index (Phi) is 4.21. The molecule has 2 heterocycles. The number of benzene rings is 2. The molecular formula is C26H27N3O. The van der Waals surface area contributed by atoms with Crippen molar-refractivity contribution in [2.24, 2.45) is 5.41 Å². The SMILES string of the molecule is CN(C)c1ccc([C@@H]2Nc3ccc4ncccc4c3C3=C2C(=O)CC(C)(C)C3)cc1. The van der Waals surface area contributed by atoms with E-state index in [0.29, 0.717) is 6.42 Å². The molecule has 1 aliphatic carbocycles. The number of pyridine rings is 1. The summed E-state index contributed by atoms with van der Waals surface area (Å²) in [6.07, 6.45) is 3.30. The maximum atomic E-state index is 13.4. The zero-order valence-corrected chi connectivity index (χ0v) is 18.0. The molecule has 3 aromatic rings. The summed E-state index contributed by atoms with van der Waals surface area (Å²) in [7, 11) is 4.08. The highest BCUT2D eigenvalue weighted by atomic mass is 16.1. The van der Waals surface area contributed by atoms with Gasteiger partial charge in [-0.1, -0.05) is 32.0 Å². The second-order valence-corrected chi connectivity index (χ2v) is 9.45. The molecule has 5 rings (SSSR count). The van der Waals surface area contributed by atoms with Crippen molar-refractivity contribution in [2.45, 2.75) is 32.7 Å². The minimum absolute atomic E-state index is 0.0474. The monoisotopic (exact) mass is 397 g/mol. The van der Waals surface area contributed by atoms with Gasteiger partial charge < -0.3 is 10.2 Å². The molecule has 1 aliphatic heterocycles. The second kappa shape index (κ2) is 6.69. The normalized spacial score (nSPS) is 19.9. The number of ketones is 1. The van der Waals surface area contributed by atoms with Crippen LogP contribution < -0.4 is 10.2 Å². The number of hydrogen-bond donors (Lipinski definition) is 1. The lowest BCUT2D eigenvalue weighted by atomic mass is 9.68. The number of hydrogen-bond acceptors (Lipinski definition) is 4. The number of rotatable bonds is 2. The fourth-order valence-electron chi connectivity index (χ4n) is 4.93. The smallest absolute Gasteiger partial charge is 0.162 e. The summed E-state index contributed by atoms with van der Waals surface area (Å²) >= 11 is 0. The van der Waals surface area contributed by atoms with Gasteiger partial charge in [0.05, 0.1) is 11.6 Å². The Morgan fingerprint density at radius 2 is 1.80 bits per heavy atom. The molecule has 0 radical (unpaired) electrons. The van der Waals surface area contributed by atoms with E-state index in [1.807, 2.05) is 26.4 Å². The molecule has 0 amide bonds. The van der Waals surface area contributed by atoms with Gasteiger partial charge in [0, 0.05) is 54.6 Å². The molecule has 0 saturated heterocycles. The minimum Gasteiger partial charge on any atom is -0.378 e. The molecule has 4 heteroatoms. The first-order valence-electron chi connectivity index (χ1n) is 10.5. The highest BCUT2D eigenvalue weighted by Gasteiger charge is 2.40. The third-order valence-corrected chi connectivity index (χ3v) is 6.34. The third-order valence-electron chi connectivity index (χ3n) is 6.34. The van der Waals surface area contributed by atoms with Crippen molar-refractivity contribution < 1.29 is 4.79 Å². The van der Waals surface area contributed by atoms with Crippen LogP contribution in [-0.2, 0) is 4.79 Å². The Balaban J connectivity index is 1.73. The summed E-state index contributed by atoms with van der Waals surface area (Å²) in [5.74, 6) is 0.252. The fraction of sp³-hybridized carbons (Fsp3) is 0.308. The Morgan fingerprint density at radius 3 is 2.53 bits per heavy atom. The topological polar surface area (TPSA) is 45.2 Å². The molecule has 2 aliphatic rings. The highest BCUT2D eigenvalue weighted by molar-refractivity contribution is 6.12. The molecule has 0 spiro atoms. The number of Topliss-reactive ketones (excluding diaryl/α,β-unsaturated/α-hetero) is 1. The van der Waals surface area contributed by atoms with Crippen molar-refractivity contribution in [3.05, 3.63) is 71.4 Å². The van der Waals surface area contributed by atoms with Crippen LogP contribution >= 0.6 is 0 Å². The molecule has 0 saturated carbocycles. The molecule has 0 bridgehead atoms. The Labute approximate surface area is 177 Å². The van der Waals surface area contributed by atoms with Gasteiger partial charge in [0.1, 0.15) is 0 Å². The summed E-state index contributed by atoms with van der Waals surface area (Å²) in [5, 5.41) is 4.80. The number of anilines is 2. The Morgan fingerprint density at radius 1 is 1.03 bits per heavy atom. The Hall–Kier alpha value is -3.14. The summed E-state index contributed by atoms with van der Waals surface area (Å²) in [4.78, 5) is 20.1. The molecule has 1 N–H and O–H groups in total. The van der Waals surface area contributed by atoms with E-state index in [9.17, 15) is 4.79 Å². The van der Waals surface area contributed by atoms with E-state index in [2.05, 4.69) is 71.5 Å². The number of nitrogens with zero attached hydrogens (tertiary/aromatic N) is 2. The molecule has 1 aromatic heterocycles. The Bertz CT molecular complexity index is 1190. The first-order valence-corrected chi connectivity index (χ1v) is 10.5. The van der Waals surface area contributed by atoms with E-state index in [1.165, 1.54) is 5.57 Å². The van der Waals surface area contributed by atoms with Gasteiger partial charge in [-0.3, -0.25) is 9.78 Å². The number of carbonyl (C=O) groups is 1. The van der Waals surface area contributed by atoms with E-state index in [0.717, 1.165) is 45.4 Å². The van der Waals surface area contributed by atoms with Crippen LogP contribution in [0.15, 0.2) is 60.3 Å². The largest absolute Gasteiger partial charge is 0.378 e. The van der Waals surface area contributed by atoms with E-state index in [-0.39, 0.29) is 17.2 Å². The van der Waals surface area contributed by atoms with Gasteiger partial charge in [-0.2, -0.15) is 0 Å². The summed E-state index contributed by atoms with van der Waals surface area (Å²) in [6, 6.07) is 16.7. The van der Waals surface area contributed by atoms with Gasteiger partial charge in [0.2, 0.25) is 0 Å². The van der Waals surface area contributed by atoms with E-state index in [4.69, 9.17) is 0 Å². The lowest BCUT2D eigenvalue weighted by molar-refractivity contribution is -0.118. The van der Waals surface area contributed by atoms with Crippen LogP contribution in [0.3, 0.4) is 0 Å². The van der Waals surface area contributed by atoms with Crippen molar-refractivity contribution in [2.75, 3.05) is 24.3 Å². The molecular weight excluding hydrogens is 370 g/mol. The van der Waals surface area contributed by atoms with Crippen molar-refractivity contribution in [3.8, 4) is 0 Å². The van der Waals surface area contributed by atoms with Crippen LogP contribution in [0.4, 0.5) is 11.4 Å². The molecule has 30 heavy (non-hydrogen) atoms. The van der Waals surface area contributed by atoms with E-state index < -0.39 is 0 Å². The van der Waals surface area contributed by atoms with Crippen molar-refractivity contribution in [1.82, 2.24) is 4.98 Å². The second-order valence-electron chi connectivity index (χ2n) is 9.45. The fourth-order valence-corrected chi connectivity index (χ4v) is 4.93. The van der Waals surface area contributed by atoms with E-state index >= 15 is 0 Å². The first-order chi connectivity index (χ1) is 14.3. The summed E-state index contributed by atoms with van der Waals surface area (Å²) < 4.78 is 0. The quantitative estimate of drug-likeness (QED) is 0.610. The van der Waals surface area contributed by atoms with Crippen molar-refractivity contribution in [1.29, 1.82) is 0 Å². The average molecular weight is 398 g/mol. The number of allylic oxidation sites excluding steroid dienone is 1. The molecule has 152 valence electrons. The minimum atomic E-state index is -0.124. The average Bonchev–Trinajstić information content (AvgIpc) is 2.72. The van der Waals surface area contributed by atoms with E-state index in [1.54, 1.807) is 0 Å². The number of nitrogens with one attached hydrogen (secondary N) is 1. The maximum absolute atomic E-state index is 13.4. The zero-order valence-electron chi connectivity index (χ0n) is 18.0. The molecule has 0 unspecified atom stereocenters.